The van der Waals surface area contributed by atoms with Gasteiger partial charge in [0.2, 0.25) is 0 Å². The number of thiophene rings is 1. The van der Waals surface area contributed by atoms with Crippen LogP contribution in [0.3, 0.4) is 0 Å². The van der Waals surface area contributed by atoms with E-state index in [0.717, 1.165) is 9.35 Å². The molecule has 0 aliphatic heterocycles. The van der Waals surface area contributed by atoms with Crippen LogP contribution in [0.15, 0.2) is 34.4 Å². The number of carbonyl (C=O) groups excluding carboxylic acids is 1. The smallest absolute Gasteiger partial charge is 0.171 e. The molecule has 0 radical (unpaired) electrons. The summed E-state index contributed by atoms with van der Waals surface area (Å²) in [4.78, 5) is 17.0. The van der Waals surface area contributed by atoms with Gasteiger partial charge in [0, 0.05) is 27.3 Å². The van der Waals surface area contributed by atoms with Crippen molar-refractivity contribution in [3.63, 3.8) is 0 Å². The number of Topliss-reactive ketones (excluding diaryl/α,β-unsaturated/α-hetero) is 1. The molecular formula is C12H10BrNO2S. The summed E-state index contributed by atoms with van der Waals surface area (Å²) in [6.45, 7) is 0. The number of ether oxygens (including phenoxy) is 1. The van der Waals surface area contributed by atoms with Gasteiger partial charge in [0.15, 0.2) is 5.78 Å². The lowest BCUT2D eigenvalue weighted by Gasteiger charge is -2.05. The van der Waals surface area contributed by atoms with Crippen molar-refractivity contribution in [3.8, 4) is 5.75 Å². The summed E-state index contributed by atoms with van der Waals surface area (Å²) in [6.07, 6.45) is 3.54. The van der Waals surface area contributed by atoms with Crippen molar-refractivity contribution in [3.05, 3.63) is 44.8 Å². The highest BCUT2D eigenvalue weighted by Crippen LogP contribution is 2.23. The highest BCUT2D eigenvalue weighted by molar-refractivity contribution is 9.10. The third kappa shape index (κ3) is 2.92. The predicted molar refractivity (Wildman–Crippen MR) is 70.8 cm³/mol. The summed E-state index contributed by atoms with van der Waals surface area (Å²) in [5.74, 6) is 0.562. The zero-order valence-electron chi connectivity index (χ0n) is 9.14. The molecule has 2 rings (SSSR count). The van der Waals surface area contributed by atoms with Crippen LogP contribution in [0, 0.1) is 0 Å². The van der Waals surface area contributed by atoms with E-state index >= 15 is 0 Å². The molecule has 5 heteroatoms. The van der Waals surface area contributed by atoms with Crippen molar-refractivity contribution in [2.75, 3.05) is 7.11 Å². The van der Waals surface area contributed by atoms with Crippen molar-refractivity contribution in [1.82, 2.24) is 4.98 Å². The number of ketones is 1. The number of rotatable bonds is 4. The van der Waals surface area contributed by atoms with E-state index < -0.39 is 0 Å². The van der Waals surface area contributed by atoms with Crippen LogP contribution in [-0.2, 0) is 6.42 Å². The van der Waals surface area contributed by atoms with Gasteiger partial charge in [-0.1, -0.05) is 0 Å². The van der Waals surface area contributed by atoms with E-state index in [-0.39, 0.29) is 5.78 Å². The fourth-order valence-corrected chi connectivity index (χ4v) is 2.92. The molecule has 0 amide bonds. The third-order valence-electron chi connectivity index (χ3n) is 2.26. The van der Waals surface area contributed by atoms with E-state index in [4.69, 9.17) is 4.74 Å². The van der Waals surface area contributed by atoms with Crippen molar-refractivity contribution < 1.29 is 9.53 Å². The Hall–Kier alpha value is -1.20. The number of hydrogen-bond acceptors (Lipinski definition) is 4. The van der Waals surface area contributed by atoms with E-state index in [1.165, 1.54) is 7.11 Å². The van der Waals surface area contributed by atoms with Gasteiger partial charge in [-0.05, 0) is 28.1 Å². The first kappa shape index (κ1) is 12.3. The molecule has 0 saturated carbocycles. The van der Waals surface area contributed by atoms with Gasteiger partial charge in [-0.15, -0.1) is 11.3 Å². The number of aromatic nitrogens is 1. The van der Waals surface area contributed by atoms with Gasteiger partial charge < -0.3 is 4.74 Å². The average Bonchev–Trinajstić information content (AvgIpc) is 2.74. The zero-order chi connectivity index (χ0) is 12.3. The van der Waals surface area contributed by atoms with Gasteiger partial charge in [0.1, 0.15) is 5.75 Å². The van der Waals surface area contributed by atoms with Crippen molar-refractivity contribution in [1.29, 1.82) is 0 Å². The van der Waals surface area contributed by atoms with E-state index in [1.807, 2.05) is 11.4 Å². The number of methoxy groups -OCH3 is 1. The number of carbonyl (C=O) groups is 1. The molecule has 0 atom stereocenters. The molecule has 0 N–H and O–H groups in total. The minimum Gasteiger partial charge on any atom is -0.494 e. The van der Waals surface area contributed by atoms with Crippen molar-refractivity contribution >= 4 is 33.0 Å². The Morgan fingerprint density at radius 2 is 2.41 bits per heavy atom. The second kappa shape index (κ2) is 5.42. The molecule has 0 saturated heterocycles. The molecule has 0 unspecified atom stereocenters. The Labute approximate surface area is 112 Å². The minimum atomic E-state index is 0.0404. The van der Waals surface area contributed by atoms with Crippen molar-refractivity contribution in [2.24, 2.45) is 0 Å². The Balaban J connectivity index is 2.20. The Bertz CT molecular complexity index is 539. The normalized spacial score (nSPS) is 10.2. The molecule has 0 aromatic carbocycles. The number of nitrogens with zero attached hydrogens (tertiary/aromatic N) is 1. The van der Waals surface area contributed by atoms with E-state index in [2.05, 4.69) is 20.9 Å². The van der Waals surface area contributed by atoms with Gasteiger partial charge in [-0.25, -0.2) is 0 Å². The van der Waals surface area contributed by atoms with Crippen LogP contribution in [-0.4, -0.2) is 17.9 Å². The molecule has 0 aliphatic rings. The van der Waals surface area contributed by atoms with Gasteiger partial charge in [-0.2, -0.15) is 0 Å². The molecule has 0 aliphatic carbocycles. The van der Waals surface area contributed by atoms with Crippen LogP contribution in [0.1, 0.15) is 15.2 Å². The molecular weight excluding hydrogens is 302 g/mol. The maximum absolute atomic E-state index is 12.1. The van der Waals surface area contributed by atoms with Crippen LogP contribution in [0.4, 0.5) is 0 Å². The van der Waals surface area contributed by atoms with E-state index in [1.54, 1.807) is 29.8 Å². The molecule has 2 heterocycles. The summed E-state index contributed by atoms with van der Waals surface area (Å²) in [5.41, 5.74) is 0.576. The highest BCUT2D eigenvalue weighted by atomic mass is 79.9. The third-order valence-corrected chi connectivity index (χ3v) is 3.96. The largest absolute Gasteiger partial charge is 0.494 e. The monoisotopic (exact) mass is 311 g/mol. The first-order valence-electron chi connectivity index (χ1n) is 4.95. The molecule has 88 valence electrons. The lowest BCUT2D eigenvalue weighted by Crippen LogP contribution is -2.05. The molecule has 2 aromatic rings. The summed E-state index contributed by atoms with van der Waals surface area (Å²) >= 11 is 4.93. The Morgan fingerprint density at radius 1 is 1.59 bits per heavy atom. The van der Waals surface area contributed by atoms with Gasteiger partial charge in [0.25, 0.3) is 0 Å². The van der Waals surface area contributed by atoms with E-state index in [0.29, 0.717) is 17.7 Å². The minimum absolute atomic E-state index is 0.0404. The van der Waals surface area contributed by atoms with E-state index in [9.17, 15) is 4.79 Å². The van der Waals surface area contributed by atoms with Crippen LogP contribution < -0.4 is 4.74 Å². The zero-order valence-corrected chi connectivity index (χ0v) is 11.5. The number of pyridine rings is 1. The first-order chi connectivity index (χ1) is 8.20. The highest BCUT2D eigenvalue weighted by Gasteiger charge is 2.13. The first-order valence-corrected chi connectivity index (χ1v) is 6.62. The molecule has 3 nitrogen and oxygen atoms in total. The van der Waals surface area contributed by atoms with Crippen LogP contribution in [0.5, 0.6) is 5.75 Å². The lowest BCUT2D eigenvalue weighted by atomic mass is 10.1. The molecule has 0 spiro atoms. The van der Waals surface area contributed by atoms with Crippen molar-refractivity contribution in [2.45, 2.75) is 6.42 Å². The number of hydrogen-bond donors (Lipinski definition) is 0. The summed E-state index contributed by atoms with van der Waals surface area (Å²) in [7, 11) is 1.54. The maximum atomic E-state index is 12.1. The molecule has 2 aromatic heterocycles. The summed E-state index contributed by atoms with van der Waals surface area (Å²) in [5, 5.41) is 1.96. The fourth-order valence-electron chi connectivity index (χ4n) is 1.47. The summed E-state index contributed by atoms with van der Waals surface area (Å²) < 4.78 is 6.13. The van der Waals surface area contributed by atoms with Gasteiger partial charge >= 0.3 is 0 Å². The topological polar surface area (TPSA) is 39.2 Å². The molecule has 17 heavy (non-hydrogen) atoms. The fraction of sp³-hybridized carbons (Fsp3) is 0.167. The molecule has 0 fully saturated rings. The van der Waals surface area contributed by atoms with Crippen LogP contribution in [0.25, 0.3) is 0 Å². The maximum Gasteiger partial charge on any atom is 0.171 e. The van der Waals surface area contributed by atoms with Gasteiger partial charge in [0.05, 0.1) is 18.9 Å². The van der Waals surface area contributed by atoms with Gasteiger partial charge in [-0.3, -0.25) is 9.78 Å². The molecule has 0 bridgehead atoms. The SMILES string of the molecule is COc1cnccc1C(=O)Cc1cc(Br)cs1. The second-order valence-electron chi connectivity index (χ2n) is 3.41. The summed E-state index contributed by atoms with van der Waals surface area (Å²) in [6, 6.07) is 3.64. The Kier molecular flexibility index (Phi) is 3.91. The predicted octanol–water partition coefficient (Wildman–Crippen LogP) is 3.34. The average molecular weight is 312 g/mol. The van der Waals surface area contributed by atoms with Crippen LogP contribution >= 0.6 is 27.3 Å². The lowest BCUT2D eigenvalue weighted by molar-refractivity contribution is 0.0990. The van der Waals surface area contributed by atoms with Crippen LogP contribution in [0.2, 0.25) is 0 Å². The second-order valence-corrected chi connectivity index (χ2v) is 5.32. The standard InChI is InChI=1S/C12H10BrNO2S/c1-16-12-6-14-3-2-10(12)11(15)5-9-4-8(13)7-17-9/h2-4,6-7H,5H2,1H3. The Morgan fingerprint density at radius 3 is 3.06 bits per heavy atom. The quantitative estimate of drug-likeness (QED) is 0.813. The number of halogens is 1.